The van der Waals surface area contributed by atoms with Crippen LogP contribution in [0.4, 0.5) is 15.8 Å². The van der Waals surface area contributed by atoms with Gasteiger partial charge in [-0.1, -0.05) is 6.07 Å². The number of carbonyl (C=O) groups excluding carboxylic acids is 2. The standard InChI is InChI=1S/C22H19FN4O2S/c1-12-9-13(2)25-22(24-12)30-16-6-4-15(5-7-16)26-21(29)18-11-20(28)27-19-10-14(23)3-8-17(18)19/h3-10,18H,11H2,1-2H3,(H,26,29)(H,27,28). The van der Waals surface area contributed by atoms with Gasteiger partial charge in [0.15, 0.2) is 5.16 Å². The Balaban J connectivity index is 1.47. The van der Waals surface area contributed by atoms with Crippen LogP contribution in [0.25, 0.3) is 0 Å². The Morgan fingerprint density at radius 1 is 1.10 bits per heavy atom. The van der Waals surface area contributed by atoms with Crippen molar-refractivity contribution in [3.8, 4) is 0 Å². The molecule has 0 spiro atoms. The van der Waals surface area contributed by atoms with E-state index in [2.05, 4.69) is 20.6 Å². The number of carbonyl (C=O) groups is 2. The van der Waals surface area contributed by atoms with Crippen LogP contribution in [-0.2, 0) is 9.59 Å². The number of aryl methyl sites for hydroxylation is 2. The zero-order chi connectivity index (χ0) is 21.3. The first-order valence-electron chi connectivity index (χ1n) is 9.38. The maximum atomic E-state index is 13.5. The van der Waals surface area contributed by atoms with E-state index < -0.39 is 11.7 Å². The molecule has 0 radical (unpaired) electrons. The molecule has 0 saturated heterocycles. The van der Waals surface area contributed by atoms with E-state index in [4.69, 9.17) is 0 Å². The summed E-state index contributed by atoms with van der Waals surface area (Å²) < 4.78 is 13.5. The summed E-state index contributed by atoms with van der Waals surface area (Å²) in [5.74, 6) is -1.76. The molecular weight excluding hydrogens is 403 g/mol. The lowest BCUT2D eigenvalue weighted by Crippen LogP contribution is -2.30. The molecular formula is C22H19FN4O2S. The first-order valence-corrected chi connectivity index (χ1v) is 10.2. The van der Waals surface area contributed by atoms with Gasteiger partial charge >= 0.3 is 0 Å². The SMILES string of the molecule is Cc1cc(C)nc(Sc2ccc(NC(=O)C3CC(=O)Nc4cc(F)ccc43)cc2)n1. The third kappa shape index (κ3) is 4.49. The molecule has 2 amide bonds. The summed E-state index contributed by atoms with van der Waals surface area (Å²) >= 11 is 1.44. The minimum atomic E-state index is -0.674. The minimum Gasteiger partial charge on any atom is -0.326 e. The van der Waals surface area contributed by atoms with Gasteiger partial charge in [-0.25, -0.2) is 14.4 Å². The van der Waals surface area contributed by atoms with E-state index in [1.807, 2.05) is 32.0 Å². The number of aromatic nitrogens is 2. The summed E-state index contributed by atoms with van der Waals surface area (Å²) in [5, 5.41) is 6.13. The number of nitrogens with one attached hydrogen (secondary N) is 2. The van der Waals surface area contributed by atoms with Crippen molar-refractivity contribution in [1.29, 1.82) is 0 Å². The van der Waals surface area contributed by atoms with Gasteiger partial charge in [0.05, 0.1) is 5.92 Å². The first kappa shape index (κ1) is 20.0. The summed E-state index contributed by atoms with van der Waals surface area (Å²) in [4.78, 5) is 34.5. The second kappa shape index (κ2) is 8.23. The molecule has 1 aromatic heterocycles. The number of nitrogens with zero attached hydrogens (tertiary/aromatic N) is 2. The zero-order valence-electron chi connectivity index (χ0n) is 16.4. The van der Waals surface area contributed by atoms with Crippen molar-refractivity contribution in [1.82, 2.24) is 9.97 Å². The molecule has 4 rings (SSSR count). The minimum absolute atomic E-state index is 0.0163. The number of hydrogen-bond acceptors (Lipinski definition) is 5. The number of halogens is 1. The van der Waals surface area contributed by atoms with E-state index in [-0.39, 0.29) is 18.2 Å². The van der Waals surface area contributed by atoms with Gasteiger partial charge in [-0.15, -0.1) is 0 Å². The van der Waals surface area contributed by atoms with Crippen molar-refractivity contribution in [2.24, 2.45) is 0 Å². The van der Waals surface area contributed by atoms with Crippen LogP contribution in [0.2, 0.25) is 0 Å². The van der Waals surface area contributed by atoms with Crippen molar-refractivity contribution in [3.05, 3.63) is 71.3 Å². The average molecular weight is 422 g/mol. The average Bonchev–Trinajstić information content (AvgIpc) is 2.67. The van der Waals surface area contributed by atoms with Crippen LogP contribution in [0.15, 0.2) is 58.6 Å². The number of anilines is 2. The number of hydrogen-bond donors (Lipinski definition) is 2. The molecule has 30 heavy (non-hydrogen) atoms. The van der Waals surface area contributed by atoms with E-state index >= 15 is 0 Å². The molecule has 0 saturated carbocycles. The molecule has 8 heteroatoms. The van der Waals surface area contributed by atoms with Gasteiger partial charge in [-0.2, -0.15) is 0 Å². The Kier molecular flexibility index (Phi) is 5.50. The lowest BCUT2D eigenvalue weighted by Gasteiger charge is -2.25. The van der Waals surface area contributed by atoms with Gasteiger partial charge in [-0.05, 0) is 73.6 Å². The van der Waals surface area contributed by atoms with Crippen LogP contribution in [0, 0.1) is 19.7 Å². The second-order valence-electron chi connectivity index (χ2n) is 7.09. The largest absolute Gasteiger partial charge is 0.326 e. The third-order valence-electron chi connectivity index (χ3n) is 4.66. The molecule has 3 aromatic rings. The van der Waals surface area contributed by atoms with E-state index in [1.165, 1.54) is 30.0 Å². The molecule has 0 bridgehead atoms. The van der Waals surface area contributed by atoms with Crippen molar-refractivity contribution in [3.63, 3.8) is 0 Å². The van der Waals surface area contributed by atoms with Gasteiger partial charge in [0, 0.05) is 34.1 Å². The van der Waals surface area contributed by atoms with Crippen LogP contribution >= 0.6 is 11.8 Å². The van der Waals surface area contributed by atoms with E-state index in [1.54, 1.807) is 12.1 Å². The highest BCUT2D eigenvalue weighted by atomic mass is 32.2. The van der Waals surface area contributed by atoms with Crippen LogP contribution < -0.4 is 10.6 Å². The first-order chi connectivity index (χ1) is 14.4. The fourth-order valence-corrected chi connectivity index (χ4v) is 4.21. The van der Waals surface area contributed by atoms with Crippen LogP contribution in [-0.4, -0.2) is 21.8 Å². The van der Waals surface area contributed by atoms with Crippen LogP contribution in [0.5, 0.6) is 0 Å². The van der Waals surface area contributed by atoms with Crippen LogP contribution in [0.1, 0.15) is 29.3 Å². The smallest absolute Gasteiger partial charge is 0.232 e. The predicted octanol–water partition coefficient (Wildman–Crippen LogP) is 4.45. The van der Waals surface area contributed by atoms with Gasteiger partial charge in [0.1, 0.15) is 5.82 Å². The highest BCUT2D eigenvalue weighted by Crippen LogP contribution is 2.34. The molecule has 6 nitrogen and oxygen atoms in total. The topological polar surface area (TPSA) is 84.0 Å². The Bertz CT molecular complexity index is 1110. The van der Waals surface area contributed by atoms with Crippen LogP contribution in [0.3, 0.4) is 0 Å². The summed E-state index contributed by atoms with van der Waals surface area (Å²) in [6, 6.07) is 13.3. The Morgan fingerprint density at radius 2 is 1.80 bits per heavy atom. The van der Waals surface area contributed by atoms with Gasteiger partial charge in [0.2, 0.25) is 11.8 Å². The number of amides is 2. The number of fused-ring (bicyclic) bond motifs is 1. The Morgan fingerprint density at radius 3 is 2.50 bits per heavy atom. The van der Waals surface area contributed by atoms with Gasteiger partial charge < -0.3 is 10.6 Å². The summed E-state index contributed by atoms with van der Waals surface area (Å²) in [6.07, 6.45) is 0.0163. The number of rotatable bonds is 4. The molecule has 1 aliphatic rings. The highest BCUT2D eigenvalue weighted by Gasteiger charge is 2.31. The fourth-order valence-electron chi connectivity index (χ4n) is 3.35. The lowest BCUT2D eigenvalue weighted by molar-refractivity contribution is -0.123. The third-order valence-corrected chi connectivity index (χ3v) is 5.54. The van der Waals surface area contributed by atoms with E-state index in [0.717, 1.165) is 16.3 Å². The zero-order valence-corrected chi connectivity index (χ0v) is 17.2. The van der Waals surface area contributed by atoms with Crippen molar-refractivity contribution < 1.29 is 14.0 Å². The van der Waals surface area contributed by atoms with Crippen molar-refractivity contribution >= 4 is 35.0 Å². The molecule has 1 unspecified atom stereocenters. The Hall–Kier alpha value is -3.26. The quantitative estimate of drug-likeness (QED) is 0.607. The molecule has 0 aliphatic carbocycles. The molecule has 152 valence electrons. The fraction of sp³-hybridized carbons (Fsp3) is 0.182. The molecule has 1 atom stereocenters. The monoisotopic (exact) mass is 422 g/mol. The summed E-state index contributed by atoms with van der Waals surface area (Å²) in [7, 11) is 0. The van der Waals surface area contributed by atoms with E-state index in [9.17, 15) is 14.0 Å². The molecule has 2 N–H and O–H groups in total. The van der Waals surface area contributed by atoms with E-state index in [0.29, 0.717) is 22.1 Å². The van der Waals surface area contributed by atoms with Gasteiger partial charge in [0.25, 0.3) is 0 Å². The highest BCUT2D eigenvalue weighted by molar-refractivity contribution is 7.99. The lowest BCUT2D eigenvalue weighted by atomic mass is 9.89. The summed E-state index contributed by atoms with van der Waals surface area (Å²) in [5.41, 5.74) is 3.37. The summed E-state index contributed by atoms with van der Waals surface area (Å²) in [6.45, 7) is 3.85. The van der Waals surface area contributed by atoms with Crippen molar-refractivity contribution in [2.75, 3.05) is 10.6 Å². The molecule has 0 fully saturated rings. The molecule has 2 heterocycles. The maximum Gasteiger partial charge on any atom is 0.232 e. The maximum absolute atomic E-state index is 13.5. The number of benzene rings is 2. The second-order valence-corrected chi connectivity index (χ2v) is 8.13. The molecule has 2 aromatic carbocycles. The van der Waals surface area contributed by atoms with Gasteiger partial charge in [-0.3, -0.25) is 9.59 Å². The van der Waals surface area contributed by atoms with Crippen molar-refractivity contribution in [2.45, 2.75) is 36.2 Å². The molecule has 1 aliphatic heterocycles. The Labute approximate surface area is 177 Å². The normalized spacial score (nSPS) is 15.3. The predicted molar refractivity (Wildman–Crippen MR) is 113 cm³/mol.